The molecule has 0 fully saturated rings. The number of rotatable bonds is 32. The topological polar surface area (TPSA) is 52.6 Å². The maximum Gasteiger partial charge on any atom is 0.305 e. The van der Waals surface area contributed by atoms with E-state index in [2.05, 4.69) is 50.3 Å². The van der Waals surface area contributed by atoms with Crippen molar-refractivity contribution in [3.63, 3.8) is 0 Å². The average molecular weight is 589 g/mol. The molecule has 0 aliphatic heterocycles. The van der Waals surface area contributed by atoms with Crippen molar-refractivity contribution in [2.24, 2.45) is 0 Å². The van der Waals surface area contributed by atoms with Crippen molar-refractivity contribution in [2.75, 3.05) is 13.2 Å². The van der Waals surface area contributed by atoms with E-state index in [1.54, 1.807) is 0 Å². The van der Waals surface area contributed by atoms with Gasteiger partial charge in [-0.15, -0.1) is 0 Å². The highest BCUT2D eigenvalue weighted by Gasteiger charge is 2.05. The summed E-state index contributed by atoms with van der Waals surface area (Å²) in [4.78, 5) is 23.7. The monoisotopic (exact) mass is 589 g/mol. The highest BCUT2D eigenvalue weighted by molar-refractivity contribution is 5.70. The molecule has 42 heavy (non-hydrogen) atoms. The molecule has 0 heterocycles. The van der Waals surface area contributed by atoms with Gasteiger partial charge in [-0.1, -0.05) is 134 Å². The molecule has 4 nitrogen and oxygen atoms in total. The van der Waals surface area contributed by atoms with E-state index in [0.717, 1.165) is 44.9 Å². The Morgan fingerprint density at radius 2 is 0.714 bits per heavy atom. The number of hydrogen-bond acceptors (Lipinski definition) is 4. The van der Waals surface area contributed by atoms with Gasteiger partial charge in [0.15, 0.2) is 0 Å². The van der Waals surface area contributed by atoms with Crippen molar-refractivity contribution in [3.05, 3.63) is 36.5 Å². The first-order chi connectivity index (χ1) is 20.7. The first-order valence-corrected chi connectivity index (χ1v) is 18.0. The van der Waals surface area contributed by atoms with Crippen molar-refractivity contribution in [1.29, 1.82) is 0 Å². The van der Waals surface area contributed by atoms with Gasteiger partial charge < -0.3 is 9.47 Å². The maximum absolute atomic E-state index is 11.9. The van der Waals surface area contributed by atoms with Gasteiger partial charge in [-0.2, -0.15) is 0 Å². The minimum atomic E-state index is -0.185. The van der Waals surface area contributed by atoms with Gasteiger partial charge >= 0.3 is 11.9 Å². The second kappa shape index (κ2) is 35.4. The molecule has 0 atom stereocenters. The Morgan fingerprint density at radius 3 is 1.10 bits per heavy atom. The molecule has 244 valence electrons. The van der Waals surface area contributed by atoms with Crippen LogP contribution in [-0.4, -0.2) is 25.2 Å². The van der Waals surface area contributed by atoms with Gasteiger partial charge in [-0.05, 0) is 70.6 Å². The van der Waals surface area contributed by atoms with Crippen LogP contribution in [0.3, 0.4) is 0 Å². The molecule has 0 unspecified atom stereocenters. The standard InChI is InChI=1S/C38H68O4/c1-3-5-7-9-11-13-15-17-19-21-23-25-27-29-31-33-37(39)41-35-36-42-38(40)34-32-30-28-26-24-22-20-18-16-14-12-10-8-6-4-2/h11-14,17,19H,3-10,15-16,18,20-36H2,1-2H3/b13-11+,14-12+,19-17+. The summed E-state index contributed by atoms with van der Waals surface area (Å²) in [6, 6.07) is 0. The summed E-state index contributed by atoms with van der Waals surface area (Å²) >= 11 is 0. The van der Waals surface area contributed by atoms with Gasteiger partial charge in [-0.3, -0.25) is 9.59 Å². The van der Waals surface area contributed by atoms with E-state index in [1.807, 2.05) is 0 Å². The van der Waals surface area contributed by atoms with E-state index >= 15 is 0 Å². The SMILES string of the molecule is CCCCC/C=C/C/C=C/CCCCCCCC(=O)OCCOC(=O)CCCCCCCCCC/C=C/CCCCC. The summed E-state index contributed by atoms with van der Waals surface area (Å²) in [5.74, 6) is -0.363. The van der Waals surface area contributed by atoms with Crippen molar-refractivity contribution >= 4 is 11.9 Å². The molecular weight excluding hydrogens is 520 g/mol. The third-order valence-corrected chi connectivity index (χ3v) is 7.58. The summed E-state index contributed by atoms with van der Waals surface area (Å²) in [5, 5.41) is 0. The summed E-state index contributed by atoms with van der Waals surface area (Å²) in [6.07, 6.45) is 43.7. The van der Waals surface area contributed by atoms with Crippen LogP contribution in [0.5, 0.6) is 0 Å². The van der Waals surface area contributed by atoms with Gasteiger partial charge in [-0.25, -0.2) is 0 Å². The van der Waals surface area contributed by atoms with Crippen LogP contribution >= 0.6 is 0 Å². The van der Waals surface area contributed by atoms with E-state index in [9.17, 15) is 9.59 Å². The third-order valence-electron chi connectivity index (χ3n) is 7.58. The molecule has 0 spiro atoms. The fourth-order valence-corrected chi connectivity index (χ4v) is 4.88. The molecule has 0 rings (SSSR count). The van der Waals surface area contributed by atoms with Crippen molar-refractivity contribution < 1.29 is 19.1 Å². The molecule has 0 bridgehead atoms. The molecule has 0 aromatic heterocycles. The Bertz CT molecular complexity index is 664. The summed E-state index contributed by atoms with van der Waals surface area (Å²) < 4.78 is 10.4. The molecule has 0 saturated carbocycles. The Kier molecular flexibility index (Phi) is 33.8. The predicted octanol–water partition coefficient (Wildman–Crippen LogP) is 11.9. The molecule has 0 N–H and O–H groups in total. The van der Waals surface area contributed by atoms with Crippen LogP contribution in [0.4, 0.5) is 0 Å². The van der Waals surface area contributed by atoms with Crippen LogP contribution in [0.1, 0.15) is 181 Å². The normalized spacial score (nSPS) is 11.8. The molecule has 0 amide bonds. The lowest BCUT2D eigenvalue weighted by molar-refractivity contribution is -0.152. The fourth-order valence-electron chi connectivity index (χ4n) is 4.88. The Labute approximate surface area is 261 Å². The van der Waals surface area contributed by atoms with Crippen molar-refractivity contribution in [3.8, 4) is 0 Å². The first-order valence-electron chi connectivity index (χ1n) is 18.0. The van der Waals surface area contributed by atoms with Crippen LogP contribution in [0.2, 0.25) is 0 Å². The highest BCUT2D eigenvalue weighted by atomic mass is 16.6. The second-order valence-electron chi connectivity index (χ2n) is 11.8. The van der Waals surface area contributed by atoms with Crippen LogP contribution in [0, 0.1) is 0 Å². The first kappa shape index (κ1) is 40.2. The highest BCUT2D eigenvalue weighted by Crippen LogP contribution is 2.12. The zero-order valence-corrected chi connectivity index (χ0v) is 27.9. The molecule has 0 radical (unpaired) electrons. The number of carbonyl (C=O) groups excluding carboxylic acids is 2. The quantitative estimate of drug-likeness (QED) is 0.0445. The summed E-state index contributed by atoms with van der Waals surface area (Å²) in [5.41, 5.74) is 0. The maximum atomic E-state index is 11.9. The number of carbonyl (C=O) groups is 2. The molecule has 0 saturated heterocycles. The molecule has 0 aromatic rings. The lowest BCUT2D eigenvalue weighted by atomic mass is 10.1. The summed E-state index contributed by atoms with van der Waals surface area (Å²) in [6.45, 7) is 4.82. The van der Waals surface area contributed by atoms with Crippen LogP contribution < -0.4 is 0 Å². The van der Waals surface area contributed by atoms with E-state index in [-0.39, 0.29) is 25.2 Å². The van der Waals surface area contributed by atoms with Gasteiger partial charge in [0.1, 0.15) is 13.2 Å². The number of allylic oxidation sites excluding steroid dienone is 6. The minimum Gasteiger partial charge on any atom is -0.462 e. The van der Waals surface area contributed by atoms with Crippen LogP contribution in [0.25, 0.3) is 0 Å². The van der Waals surface area contributed by atoms with E-state index in [0.29, 0.717) is 12.8 Å². The average Bonchev–Trinajstić information content (AvgIpc) is 2.99. The Morgan fingerprint density at radius 1 is 0.405 bits per heavy atom. The largest absolute Gasteiger partial charge is 0.462 e. The zero-order valence-electron chi connectivity index (χ0n) is 27.9. The molecule has 4 heteroatoms. The molecule has 0 aromatic carbocycles. The van der Waals surface area contributed by atoms with Crippen LogP contribution in [0.15, 0.2) is 36.5 Å². The minimum absolute atomic E-state index is 0.166. The Hall–Kier alpha value is -1.84. The fraction of sp³-hybridized carbons (Fsp3) is 0.789. The van der Waals surface area contributed by atoms with Gasteiger partial charge in [0.2, 0.25) is 0 Å². The predicted molar refractivity (Wildman–Crippen MR) is 181 cm³/mol. The lowest BCUT2D eigenvalue weighted by Gasteiger charge is -2.07. The van der Waals surface area contributed by atoms with Gasteiger partial charge in [0.25, 0.3) is 0 Å². The molecular formula is C38H68O4. The summed E-state index contributed by atoms with van der Waals surface area (Å²) in [7, 11) is 0. The lowest BCUT2D eigenvalue weighted by Crippen LogP contribution is -2.13. The van der Waals surface area contributed by atoms with Gasteiger partial charge in [0.05, 0.1) is 0 Å². The van der Waals surface area contributed by atoms with Crippen LogP contribution in [-0.2, 0) is 19.1 Å². The van der Waals surface area contributed by atoms with Crippen molar-refractivity contribution in [2.45, 2.75) is 181 Å². The van der Waals surface area contributed by atoms with E-state index < -0.39 is 0 Å². The number of esters is 2. The zero-order chi connectivity index (χ0) is 30.6. The Balaban J connectivity index is 3.35. The third kappa shape index (κ3) is 34.4. The number of unbranched alkanes of at least 4 members (excludes halogenated alkanes) is 19. The van der Waals surface area contributed by atoms with E-state index in [1.165, 1.54) is 109 Å². The van der Waals surface area contributed by atoms with Gasteiger partial charge in [0, 0.05) is 12.8 Å². The molecule has 0 aliphatic rings. The smallest absolute Gasteiger partial charge is 0.305 e. The number of hydrogen-bond donors (Lipinski definition) is 0. The van der Waals surface area contributed by atoms with E-state index in [4.69, 9.17) is 9.47 Å². The number of ether oxygens (including phenoxy) is 2. The second-order valence-corrected chi connectivity index (χ2v) is 11.8. The molecule has 0 aliphatic carbocycles. The van der Waals surface area contributed by atoms with Crippen molar-refractivity contribution in [1.82, 2.24) is 0 Å².